The van der Waals surface area contributed by atoms with E-state index >= 15 is 0 Å². The SMILES string of the molecule is CCNC(=NCC(C)c1ccsc1)NCCCNS(C)(=O)=O. The van der Waals surface area contributed by atoms with E-state index in [0.717, 1.165) is 18.8 Å². The quantitative estimate of drug-likeness (QED) is 0.358. The van der Waals surface area contributed by atoms with Gasteiger partial charge in [-0.3, -0.25) is 4.99 Å². The van der Waals surface area contributed by atoms with E-state index in [9.17, 15) is 8.42 Å². The minimum Gasteiger partial charge on any atom is -0.357 e. The number of hydrogen-bond donors (Lipinski definition) is 3. The van der Waals surface area contributed by atoms with Crippen LogP contribution in [0.4, 0.5) is 0 Å². The number of rotatable bonds is 9. The molecule has 0 bridgehead atoms. The molecule has 0 radical (unpaired) electrons. The number of guanidine groups is 1. The second kappa shape index (κ2) is 9.81. The summed E-state index contributed by atoms with van der Waals surface area (Å²) in [5.74, 6) is 1.15. The van der Waals surface area contributed by atoms with Crippen LogP contribution in [0.1, 0.15) is 31.7 Å². The lowest BCUT2D eigenvalue weighted by molar-refractivity contribution is 0.584. The third-order valence-corrected chi connectivity index (χ3v) is 4.42. The van der Waals surface area contributed by atoms with Crippen molar-refractivity contribution in [1.29, 1.82) is 0 Å². The molecule has 0 aromatic carbocycles. The first-order valence-electron chi connectivity index (χ1n) is 7.41. The summed E-state index contributed by atoms with van der Waals surface area (Å²) in [4.78, 5) is 4.58. The highest BCUT2D eigenvalue weighted by Gasteiger charge is 2.06. The molecule has 0 saturated carbocycles. The van der Waals surface area contributed by atoms with E-state index in [2.05, 4.69) is 44.1 Å². The molecule has 1 atom stereocenters. The van der Waals surface area contributed by atoms with Crippen LogP contribution in [-0.2, 0) is 10.0 Å². The van der Waals surface area contributed by atoms with Gasteiger partial charge in [-0.1, -0.05) is 6.92 Å². The van der Waals surface area contributed by atoms with Crippen LogP contribution < -0.4 is 15.4 Å². The molecule has 1 rings (SSSR count). The Morgan fingerprint density at radius 2 is 2.14 bits per heavy atom. The van der Waals surface area contributed by atoms with E-state index in [1.165, 1.54) is 5.56 Å². The summed E-state index contributed by atoms with van der Waals surface area (Å²) >= 11 is 1.70. The van der Waals surface area contributed by atoms with E-state index in [0.29, 0.717) is 32.0 Å². The smallest absolute Gasteiger partial charge is 0.208 e. The van der Waals surface area contributed by atoms with Crippen LogP contribution in [0.15, 0.2) is 21.8 Å². The standard InChI is InChI=1S/C14H26N4O2S2/c1-4-15-14(16-7-5-8-18-22(3,19)20)17-10-12(2)13-6-9-21-11-13/h6,9,11-12,18H,4-5,7-8,10H2,1-3H3,(H2,15,16,17). The van der Waals surface area contributed by atoms with Crippen molar-refractivity contribution in [3.05, 3.63) is 22.4 Å². The normalized spacial score (nSPS) is 13.9. The van der Waals surface area contributed by atoms with Crippen molar-refractivity contribution < 1.29 is 8.42 Å². The van der Waals surface area contributed by atoms with Crippen LogP contribution in [0.3, 0.4) is 0 Å². The van der Waals surface area contributed by atoms with Crippen LogP contribution in [0.2, 0.25) is 0 Å². The Balaban J connectivity index is 2.35. The van der Waals surface area contributed by atoms with Crippen LogP contribution in [0.25, 0.3) is 0 Å². The van der Waals surface area contributed by atoms with Crippen molar-refractivity contribution in [3.8, 4) is 0 Å². The average molecular weight is 347 g/mol. The third-order valence-electron chi connectivity index (χ3n) is 2.99. The molecule has 0 aliphatic rings. The van der Waals surface area contributed by atoms with Crippen LogP contribution >= 0.6 is 11.3 Å². The van der Waals surface area contributed by atoms with Gasteiger partial charge in [0.15, 0.2) is 5.96 Å². The zero-order valence-electron chi connectivity index (χ0n) is 13.4. The van der Waals surface area contributed by atoms with Crippen molar-refractivity contribution in [2.24, 2.45) is 4.99 Å². The number of sulfonamides is 1. The minimum atomic E-state index is -3.10. The predicted molar refractivity (Wildman–Crippen MR) is 94.2 cm³/mol. The van der Waals surface area contributed by atoms with Gasteiger partial charge in [0, 0.05) is 32.1 Å². The summed E-state index contributed by atoms with van der Waals surface area (Å²) in [6, 6.07) is 2.13. The third kappa shape index (κ3) is 8.35. The van der Waals surface area contributed by atoms with Gasteiger partial charge in [0.25, 0.3) is 0 Å². The number of thiophene rings is 1. The summed E-state index contributed by atoms with van der Waals surface area (Å²) in [6.45, 7) is 6.78. The maximum Gasteiger partial charge on any atom is 0.208 e. The van der Waals surface area contributed by atoms with Gasteiger partial charge in [0.2, 0.25) is 10.0 Å². The minimum absolute atomic E-state index is 0.383. The zero-order chi connectivity index (χ0) is 16.4. The summed E-state index contributed by atoms with van der Waals surface area (Å²) in [5.41, 5.74) is 1.31. The Labute approximate surface area is 137 Å². The molecule has 126 valence electrons. The largest absolute Gasteiger partial charge is 0.357 e. The van der Waals surface area contributed by atoms with Gasteiger partial charge >= 0.3 is 0 Å². The number of hydrogen-bond acceptors (Lipinski definition) is 4. The first-order chi connectivity index (χ1) is 10.4. The van der Waals surface area contributed by atoms with E-state index in [1.54, 1.807) is 11.3 Å². The summed E-state index contributed by atoms with van der Waals surface area (Å²) in [6.07, 6.45) is 1.87. The van der Waals surface area contributed by atoms with Gasteiger partial charge in [0.1, 0.15) is 0 Å². The second-order valence-electron chi connectivity index (χ2n) is 5.12. The van der Waals surface area contributed by atoms with Gasteiger partial charge < -0.3 is 10.6 Å². The Hall–Kier alpha value is -1.12. The zero-order valence-corrected chi connectivity index (χ0v) is 15.1. The van der Waals surface area contributed by atoms with Gasteiger partial charge in [0.05, 0.1) is 6.26 Å². The molecular formula is C14H26N4O2S2. The summed E-state index contributed by atoms with van der Waals surface area (Å²) in [7, 11) is -3.10. The number of nitrogens with one attached hydrogen (secondary N) is 3. The molecule has 1 aromatic heterocycles. The molecule has 0 fully saturated rings. The Morgan fingerprint density at radius 1 is 1.36 bits per heavy atom. The van der Waals surface area contributed by atoms with Gasteiger partial charge in [-0.25, -0.2) is 13.1 Å². The molecule has 1 heterocycles. The molecule has 6 nitrogen and oxygen atoms in total. The highest BCUT2D eigenvalue weighted by molar-refractivity contribution is 7.88. The van der Waals surface area contributed by atoms with Crippen molar-refractivity contribution in [2.45, 2.75) is 26.2 Å². The highest BCUT2D eigenvalue weighted by Crippen LogP contribution is 2.18. The maximum absolute atomic E-state index is 11.0. The summed E-state index contributed by atoms with van der Waals surface area (Å²) in [5, 5.41) is 10.6. The van der Waals surface area contributed by atoms with Crippen LogP contribution in [0, 0.1) is 0 Å². The fourth-order valence-corrected chi connectivity index (χ4v) is 3.08. The predicted octanol–water partition coefficient (Wildman–Crippen LogP) is 1.35. The monoisotopic (exact) mass is 346 g/mol. The molecule has 0 saturated heterocycles. The molecule has 0 aliphatic heterocycles. The Bertz CT molecular complexity index is 541. The number of aliphatic imine (C=N–C) groups is 1. The summed E-state index contributed by atoms with van der Waals surface area (Å²) < 4.78 is 24.4. The first kappa shape index (κ1) is 18.9. The van der Waals surface area contributed by atoms with Crippen molar-refractivity contribution in [2.75, 3.05) is 32.4 Å². The molecule has 1 aromatic rings. The molecule has 3 N–H and O–H groups in total. The Morgan fingerprint density at radius 3 is 2.73 bits per heavy atom. The van der Waals surface area contributed by atoms with E-state index < -0.39 is 10.0 Å². The lowest BCUT2D eigenvalue weighted by Gasteiger charge is -2.13. The van der Waals surface area contributed by atoms with Gasteiger partial charge in [-0.15, -0.1) is 0 Å². The first-order valence-corrected chi connectivity index (χ1v) is 10.2. The highest BCUT2D eigenvalue weighted by atomic mass is 32.2. The molecule has 0 amide bonds. The lowest BCUT2D eigenvalue weighted by atomic mass is 10.1. The number of nitrogens with zero attached hydrogens (tertiary/aromatic N) is 1. The van der Waals surface area contributed by atoms with Gasteiger partial charge in [-0.05, 0) is 35.7 Å². The molecule has 22 heavy (non-hydrogen) atoms. The topological polar surface area (TPSA) is 82.6 Å². The Kier molecular flexibility index (Phi) is 8.44. The molecule has 0 aliphatic carbocycles. The van der Waals surface area contributed by atoms with Crippen molar-refractivity contribution in [1.82, 2.24) is 15.4 Å². The fourth-order valence-electron chi connectivity index (χ4n) is 1.78. The fraction of sp³-hybridized carbons (Fsp3) is 0.643. The lowest BCUT2D eigenvalue weighted by Crippen LogP contribution is -2.39. The molecule has 8 heteroatoms. The van der Waals surface area contributed by atoms with Crippen LogP contribution in [0.5, 0.6) is 0 Å². The molecule has 0 spiro atoms. The van der Waals surface area contributed by atoms with E-state index in [4.69, 9.17) is 0 Å². The van der Waals surface area contributed by atoms with Crippen molar-refractivity contribution in [3.63, 3.8) is 0 Å². The van der Waals surface area contributed by atoms with Crippen molar-refractivity contribution >= 4 is 27.3 Å². The maximum atomic E-state index is 11.0. The van der Waals surface area contributed by atoms with E-state index in [-0.39, 0.29) is 0 Å². The van der Waals surface area contributed by atoms with Crippen LogP contribution in [-0.4, -0.2) is 46.8 Å². The van der Waals surface area contributed by atoms with E-state index in [1.807, 2.05) is 6.92 Å². The van der Waals surface area contributed by atoms with Gasteiger partial charge in [-0.2, -0.15) is 11.3 Å². The second-order valence-corrected chi connectivity index (χ2v) is 7.74. The molecular weight excluding hydrogens is 320 g/mol. The molecule has 1 unspecified atom stereocenters. The average Bonchev–Trinajstić information content (AvgIpc) is 2.96.